The molecule has 1 fully saturated rings. The first kappa shape index (κ1) is 15.9. The van der Waals surface area contributed by atoms with Crippen molar-refractivity contribution in [2.24, 2.45) is 0 Å². The SMILES string of the molecule is Cc1ccccc1C(=O)N1CCCC1CNc1ncc(Br)cn1. The highest BCUT2D eigenvalue weighted by atomic mass is 79.9. The molecule has 2 heterocycles. The van der Waals surface area contributed by atoms with Gasteiger partial charge in [-0.25, -0.2) is 9.97 Å². The van der Waals surface area contributed by atoms with Crippen molar-refractivity contribution in [3.05, 3.63) is 52.3 Å². The number of aromatic nitrogens is 2. The zero-order valence-corrected chi connectivity index (χ0v) is 14.6. The normalized spacial score (nSPS) is 17.3. The van der Waals surface area contributed by atoms with E-state index in [1.54, 1.807) is 12.4 Å². The van der Waals surface area contributed by atoms with Crippen LogP contribution in [0.4, 0.5) is 5.95 Å². The Bertz CT molecular complexity index is 689. The zero-order valence-electron chi connectivity index (χ0n) is 13.0. The summed E-state index contributed by atoms with van der Waals surface area (Å²) in [7, 11) is 0. The summed E-state index contributed by atoms with van der Waals surface area (Å²) < 4.78 is 0.847. The van der Waals surface area contributed by atoms with E-state index >= 15 is 0 Å². The molecule has 1 unspecified atom stereocenters. The van der Waals surface area contributed by atoms with Gasteiger partial charge in [-0.3, -0.25) is 4.79 Å². The van der Waals surface area contributed by atoms with Gasteiger partial charge in [0.05, 0.1) is 4.47 Å². The Balaban J connectivity index is 1.67. The molecular weight excluding hydrogens is 356 g/mol. The molecule has 6 heteroatoms. The van der Waals surface area contributed by atoms with Crippen LogP contribution < -0.4 is 5.32 Å². The predicted octanol–water partition coefficient (Wildman–Crippen LogP) is 3.26. The summed E-state index contributed by atoms with van der Waals surface area (Å²) in [6.45, 7) is 3.45. The molecule has 5 nitrogen and oxygen atoms in total. The molecule has 0 bridgehead atoms. The maximum Gasteiger partial charge on any atom is 0.254 e. The van der Waals surface area contributed by atoms with Crippen LogP contribution in [0.15, 0.2) is 41.1 Å². The van der Waals surface area contributed by atoms with Gasteiger partial charge in [0, 0.05) is 37.1 Å². The first-order valence-electron chi connectivity index (χ1n) is 7.73. The van der Waals surface area contributed by atoms with E-state index < -0.39 is 0 Å². The van der Waals surface area contributed by atoms with E-state index in [-0.39, 0.29) is 11.9 Å². The highest BCUT2D eigenvalue weighted by molar-refractivity contribution is 9.10. The smallest absolute Gasteiger partial charge is 0.254 e. The Morgan fingerprint density at radius 1 is 1.35 bits per heavy atom. The largest absolute Gasteiger partial charge is 0.352 e. The van der Waals surface area contributed by atoms with Gasteiger partial charge in [-0.1, -0.05) is 18.2 Å². The second-order valence-electron chi connectivity index (χ2n) is 5.72. The van der Waals surface area contributed by atoms with Gasteiger partial charge in [-0.2, -0.15) is 0 Å². The molecule has 3 rings (SSSR count). The molecule has 0 spiro atoms. The number of halogens is 1. The number of carbonyl (C=O) groups is 1. The van der Waals surface area contributed by atoms with Crippen LogP contribution in [0.5, 0.6) is 0 Å². The molecule has 0 radical (unpaired) electrons. The molecule has 1 aliphatic heterocycles. The third-order valence-electron chi connectivity index (χ3n) is 4.13. The number of carbonyl (C=O) groups excluding carboxylic acids is 1. The molecule has 120 valence electrons. The van der Waals surface area contributed by atoms with E-state index in [4.69, 9.17) is 0 Å². The lowest BCUT2D eigenvalue weighted by atomic mass is 10.1. The number of aryl methyl sites for hydroxylation is 1. The first-order valence-corrected chi connectivity index (χ1v) is 8.52. The lowest BCUT2D eigenvalue weighted by Crippen LogP contribution is -2.40. The van der Waals surface area contributed by atoms with Crippen LogP contribution in [-0.4, -0.2) is 39.9 Å². The Kier molecular flexibility index (Phi) is 4.91. The van der Waals surface area contributed by atoms with Gasteiger partial charge in [-0.05, 0) is 47.3 Å². The minimum Gasteiger partial charge on any atom is -0.352 e. The van der Waals surface area contributed by atoms with Crippen LogP contribution in [0.1, 0.15) is 28.8 Å². The molecule has 1 aromatic carbocycles. The number of nitrogens with zero attached hydrogens (tertiary/aromatic N) is 3. The Labute approximate surface area is 144 Å². The lowest BCUT2D eigenvalue weighted by Gasteiger charge is -2.25. The number of benzene rings is 1. The molecule has 1 aliphatic rings. The van der Waals surface area contributed by atoms with Gasteiger partial charge in [0.25, 0.3) is 5.91 Å². The summed E-state index contributed by atoms with van der Waals surface area (Å²) in [6.07, 6.45) is 5.45. The summed E-state index contributed by atoms with van der Waals surface area (Å²) in [6, 6.07) is 7.93. The van der Waals surface area contributed by atoms with Crippen molar-refractivity contribution in [1.29, 1.82) is 0 Å². The topological polar surface area (TPSA) is 58.1 Å². The van der Waals surface area contributed by atoms with Gasteiger partial charge in [0.1, 0.15) is 0 Å². The quantitative estimate of drug-likeness (QED) is 0.891. The van der Waals surface area contributed by atoms with Crippen LogP contribution >= 0.6 is 15.9 Å². The summed E-state index contributed by atoms with van der Waals surface area (Å²) in [5.74, 6) is 0.701. The number of nitrogens with one attached hydrogen (secondary N) is 1. The predicted molar refractivity (Wildman–Crippen MR) is 93.5 cm³/mol. The molecule has 1 amide bonds. The van der Waals surface area contributed by atoms with Crippen LogP contribution in [0.3, 0.4) is 0 Å². The standard InChI is InChI=1S/C17H19BrN4O/c1-12-5-2-3-7-15(12)16(23)22-8-4-6-14(22)11-21-17-19-9-13(18)10-20-17/h2-3,5,7,9-10,14H,4,6,8,11H2,1H3,(H,19,20,21). The van der Waals surface area contributed by atoms with Crippen molar-refractivity contribution < 1.29 is 4.79 Å². The minimum atomic E-state index is 0.115. The molecule has 23 heavy (non-hydrogen) atoms. The van der Waals surface area contributed by atoms with Crippen molar-refractivity contribution in [3.8, 4) is 0 Å². The van der Waals surface area contributed by atoms with Gasteiger partial charge < -0.3 is 10.2 Å². The monoisotopic (exact) mass is 374 g/mol. The molecule has 0 saturated carbocycles. The third-order valence-corrected chi connectivity index (χ3v) is 4.54. The van der Waals surface area contributed by atoms with Gasteiger partial charge in [0.15, 0.2) is 0 Å². The summed E-state index contributed by atoms with van der Waals surface area (Å²) in [5, 5.41) is 3.23. The highest BCUT2D eigenvalue weighted by Gasteiger charge is 2.29. The average molecular weight is 375 g/mol. The van der Waals surface area contributed by atoms with Gasteiger partial charge in [-0.15, -0.1) is 0 Å². The van der Waals surface area contributed by atoms with Gasteiger partial charge in [0.2, 0.25) is 5.95 Å². The highest BCUT2D eigenvalue weighted by Crippen LogP contribution is 2.22. The van der Waals surface area contributed by atoms with E-state index in [0.29, 0.717) is 12.5 Å². The Hall–Kier alpha value is -1.95. The molecule has 0 aliphatic carbocycles. The van der Waals surface area contributed by atoms with E-state index in [1.807, 2.05) is 36.1 Å². The molecule has 1 aromatic heterocycles. The van der Waals surface area contributed by atoms with Crippen molar-refractivity contribution in [2.75, 3.05) is 18.4 Å². The van der Waals surface area contributed by atoms with Crippen molar-refractivity contribution >= 4 is 27.8 Å². The fraction of sp³-hybridized carbons (Fsp3) is 0.353. The molecular formula is C17H19BrN4O. The summed E-state index contributed by atoms with van der Waals surface area (Å²) in [4.78, 5) is 23.2. The van der Waals surface area contributed by atoms with E-state index in [0.717, 1.165) is 35.0 Å². The molecule has 1 saturated heterocycles. The number of amides is 1. The number of anilines is 1. The average Bonchev–Trinajstić information content (AvgIpc) is 3.03. The maximum atomic E-state index is 12.8. The first-order chi connectivity index (χ1) is 11.1. The van der Waals surface area contributed by atoms with Crippen molar-refractivity contribution in [1.82, 2.24) is 14.9 Å². The fourth-order valence-corrected chi connectivity index (χ4v) is 3.10. The van der Waals surface area contributed by atoms with E-state index in [9.17, 15) is 4.79 Å². The number of rotatable bonds is 4. The minimum absolute atomic E-state index is 0.115. The lowest BCUT2D eigenvalue weighted by molar-refractivity contribution is 0.0743. The third kappa shape index (κ3) is 3.69. The van der Waals surface area contributed by atoms with Crippen LogP contribution in [-0.2, 0) is 0 Å². The zero-order chi connectivity index (χ0) is 16.2. The number of hydrogen-bond donors (Lipinski definition) is 1. The van der Waals surface area contributed by atoms with Gasteiger partial charge >= 0.3 is 0 Å². The van der Waals surface area contributed by atoms with Crippen LogP contribution in [0.2, 0.25) is 0 Å². The fourth-order valence-electron chi connectivity index (χ4n) is 2.90. The Morgan fingerprint density at radius 3 is 2.83 bits per heavy atom. The van der Waals surface area contributed by atoms with Crippen LogP contribution in [0, 0.1) is 6.92 Å². The number of likely N-dealkylation sites (tertiary alicyclic amines) is 1. The second-order valence-corrected chi connectivity index (χ2v) is 6.63. The summed E-state index contributed by atoms with van der Waals surface area (Å²) >= 11 is 3.32. The molecule has 1 atom stereocenters. The summed E-state index contributed by atoms with van der Waals surface area (Å²) in [5.41, 5.74) is 1.81. The van der Waals surface area contributed by atoms with E-state index in [1.165, 1.54) is 0 Å². The molecule has 1 N–H and O–H groups in total. The number of hydrogen-bond acceptors (Lipinski definition) is 4. The Morgan fingerprint density at radius 2 is 2.09 bits per heavy atom. The maximum absolute atomic E-state index is 12.8. The molecule has 2 aromatic rings. The van der Waals surface area contributed by atoms with E-state index in [2.05, 4.69) is 31.2 Å². The van der Waals surface area contributed by atoms with Crippen LogP contribution in [0.25, 0.3) is 0 Å². The second kappa shape index (κ2) is 7.08. The van der Waals surface area contributed by atoms with Crippen molar-refractivity contribution in [2.45, 2.75) is 25.8 Å². The van der Waals surface area contributed by atoms with Crippen molar-refractivity contribution in [3.63, 3.8) is 0 Å².